The fraction of sp³-hybridized carbons (Fsp3) is 0.611. The lowest BCUT2D eigenvalue weighted by Gasteiger charge is -2.34. The van der Waals surface area contributed by atoms with E-state index in [1.807, 2.05) is 18.2 Å². The Morgan fingerprint density at radius 3 is 2.50 bits per heavy atom. The lowest BCUT2D eigenvalue weighted by molar-refractivity contribution is 0.0375. The Hall–Kier alpha value is -1.29. The minimum atomic E-state index is -0.156. The fourth-order valence-electron chi connectivity index (χ4n) is 3.06. The highest BCUT2D eigenvalue weighted by atomic mass is 16.5. The molecular weight excluding hydrogens is 273 g/mol. The van der Waals surface area contributed by atoms with Crippen molar-refractivity contribution in [2.24, 2.45) is 5.41 Å². The predicted molar refractivity (Wildman–Crippen MR) is 90.8 cm³/mol. The third-order valence-electron chi connectivity index (χ3n) is 5.56. The van der Waals surface area contributed by atoms with Crippen LogP contribution in [0.3, 0.4) is 0 Å². The molecule has 1 aliphatic heterocycles. The normalized spacial score (nSPS) is 22.7. The lowest BCUT2D eigenvalue weighted by Crippen LogP contribution is -2.37. The van der Waals surface area contributed by atoms with Crippen LogP contribution in [-0.4, -0.2) is 24.5 Å². The first kappa shape index (κ1) is 15.6. The summed E-state index contributed by atoms with van der Waals surface area (Å²) in [5.41, 5.74) is 3.06. The highest BCUT2D eigenvalue weighted by Gasteiger charge is 2.50. The molecule has 22 heavy (non-hydrogen) atoms. The summed E-state index contributed by atoms with van der Waals surface area (Å²) in [4.78, 5) is 12.3. The number of carbonyl (C=O) groups is 1. The molecule has 1 amide bonds. The average molecular weight is 299 g/mol. The van der Waals surface area contributed by atoms with Crippen molar-refractivity contribution in [1.82, 2.24) is 5.32 Å². The van der Waals surface area contributed by atoms with Crippen LogP contribution in [0.5, 0.6) is 0 Å². The van der Waals surface area contributed by atoms with Crippen molar-refractivity contribution >= 4 is 18.3 Å². The van der Waals surface area contributed by atoms with Crippen molar-refractivity contribution in [2.75, 3.05) is 0 Å². The van der Waals surface area contributed by atoms with Crippen LogP contribution in [-0.2, 0) is 4.65 Å². The van der Waals surface area contributed by atoms with E-state index in [0.29, 0.717) is 6.04 Å². The van der Waals surface area contributed by atoms with Gasteiger partial charge in [-0.15, -0.1) is 0 Å². The van der Waals surface area contributed by atoms with E-state index in [0.717, 1.165) is 30.2 Å². The molecule has 1 aliphatic carbocycles. The first-order valence-corrected chi connectivity index (χ1v) is 8.29. The molecule has 3 nitrogen and oxygen atoms in total. The Kier molecular flexibility index (Phi) is 3.63. The molecule has 1 saturated heterocycles. The van der Waals surface area contributed by atoms with Crippen molar-refractivity contribution in [1.29, 1.82) is 0 Å². The van der Waals surface area contributed by atoms with Crippen LogP contribution in [0.1, 0.15) is 56.5 Å². The second kappa shape index (κ2) is 5.12. The van der Waals surface area contributed by atoms with Gasteiger partial charge in [-0.25, -0.2) is 0 Å². The second-order valence-corrected chi connectivity index (χ2v) is 8.02. The van der Waals surface area contributed by atoms with Gasteiger partial charge in [-0.3, -0.25) is 4.79 Å². The fourth-order valence-corrected chi connectivity index (χ4v) is 3.06. The number of hydrogen-bond donors (Lipinski definition) is 1. The van der Waals surface area contributed by atoms with Crippen molar-refractivity contribution in [3.63, 3.8) is 0 Å². The molecule has 118 valence electrons. The van der Waals surface area contributed by atoms with Gasteiger partial charge in [0.1, 0.15) is 0 Å². The Labute approximate surface area is 133 Å². The Balaban J connectivity index is 1.86. The topological polar surface area (TPSA) is 38.3 Å². The molecular formula is C18H26BNO2. The predicted octanol–water partition coefficient (Wildman–Crippen LogP) is 2.92. The van der Waals surface area contributed by atoms with Crippen LogP contribution in [0, 0.1) is 12.3 Å². The van der Waals surface area contributed by atoms with Gasteiger partial charge >= 0.3 is 6.92 Å². The van der Waals surface area contributed by atoms with Crippen molar-refractivity contribution in [3.8, 4) is 0 Å². The molecule has 0 aromatic heterocycles. The van der Waals surface area contributed by atoms with E-state index in [1.54, 1.807) is 0 Å². The van der Waals surface area contributed by atoms with E-state index >= 15 is 0 Å². The summed E-state index contributed by atoms with van der Waals surface area (Å²) in [5.74, 6) is 0.0419. The molecule has 0 unspecified atom stereocenters. The molecule has 2 aliphatic rings. The van der Waals surface area contributed by atoms with Crippen LogP contribution in [0.2, 0.25) is 6.32 Å². The van der Waals surface area contributed by atoms with Crippen LogP contribution >= 0.6 is 0 Å². The molecule has 0 bridgehead atoms. The highest BCUT2D eigenvalue weighted by molar-refractivity contribution is 6.68. The number of aryl methyl sites for hydroxylation is 1. The maximum absolute atomic E-state index is 12.3. The van der Waals surface area contributed by atoms with E-state index in [2.05, 4.69) is 39.9 Å². The number of carbonyl (C=O) groups excluding carboxylic acids is 1. The highest BCUT2D eigenvalue weighted by Crippen LogP contribution is 2.45. The van der Waals surface area contributed by atoms with Gasteiger partial charge in [0.2, 0.25) is 0 Å². The quantitative estimate of drug-likeness (QED) is 0.872. The van der Waals surface area contributed by atoms with E-state index in [1.165, 1.54) is 5.56 Å². The molecule has 0 spiro atoms. The number of benzene rings is 1. The van der Waals surface area contributed by atoms with E-state index in [-0.39, 0.29) is 23.8 Å². The lowest BCUT2D eigenvalue weighted by atomic mass is 9.53. The smallest absolute Gasteiger partial charge is 0.328 e. The third kappa shape index (κ3) is 2.81. The SMILES string of the molecule is Cc1ccc(C(=O)NC2CC2)cc1B1CC(C)(C)C(C)(C)O1. The molecule has 1 N–H and O–H groups in total. The molecule has 1 aromatic carbocycles. The molecule has 4 heteroatoms. The zero-order valence-electron chi connectivity index (χ0n) is 14.3. The van der Waals surface area contributed by atoms with Gasteiger partial charge in [0.15, 0.2) is 0 Å². The molecule has 1 saturated carbocycles. The molecule has 0 radical (unpaired) electrons. The first-order valence-electron chi connectivity index (χ1n) is 8.29. The summed E-state index contributed by atoms with van der Waals surface area (Å²) in [5, 5.41) is 3.06. The van der Waals surface area contributed by atoms with E-state index < -0.39 is 0 Å². The van der Waals surface area contributed by atoms with Gasteiger partial charge in [-0.05, 0) is 56.9 Å². The molecule has 3 rings (SSSR count). The third-order valence-corrected chi connectivity index (χ3v) is 5.56. The minimum absolute atomic E-state index is 0.0419. The summed E-state index contributed by atoms with van der Waals surface area (Å²) < 4.78 is 6.33. The molecule has 1 aromatic rings. The summed E-state index contributed by atoms with van der Waals surface area (Å²) in [6, 6.07) is 6.37. The first-order chi connectivity index (χ1) is 10.2. The summed E-state index contributed by atoms with van der Waals surface area (Å²) >= 11 is 0. The molecule has 2 fully saturated rings. The number of hydrogen-bond acceptors (Lipinski definition) is 2. The number of nitrogens with one attached hydrogen (secondary N) is 1. The second-order valence-electron chi connectivity index (χ2n) is 8.02. The summed E-state index contributed by atoms with van der Waals surface area (Å²) in [6.45, 7) is 11.0. The minimum Gasteiger partial charge on any atom is -0.426 e. The monoisotopic (exact) mass is 299 g/mol. The van der Waals surface area contributed by atoms with Gasteiger partial charge in [-0.2, -0.15) is 0 Å². The van der Waals surface area contributed by atoms with Gasteiger partial charge in [0.05, 0.1) is 5.60 Å². The van der Waals surface area contributed by atoms with Gasteiger partial charge < -0.3 is 9.97 Å². The molecule has 0 atom stereocenters. The van der Waals surface area contributed by atoms with Crippen LogP contribution in [0.4, 0.5) is 0 Å². The van der Waals surface area contributed by atoms with E-state index in [4.69, 9.17) is 4.65 Å². The zero-order valence-corrected chi connectivity index (χ0v) is 14.3. The number of rotatable bonds is 3. The van der Waals surface area contributed by atoms with Gasteiger partial charge in [0.25, 0.3) is 5.91 Å². The van der Waals surface area contributed by atoms with Crippen LogP contribution < -0.4 is 10.8 Å². The average Bonchev–Trinajstić information content (AvgIpc) is 3.17. The van der Waals surface area contributed by atoms with Crippen molar-refractivity contribution in [2.45, 2.75) is 65.4 Å². The maximum Gasteiger partial charge on any atom is 0.328 e. The van der Waals surface area contributed by atoms with Crippen LogP contribution in [0.15, 0.2) is 18.2 Å². The van der Waals surface area contributed by atoms with Gasteiger partial charge in [0, 0.05) is 11.6 Å². The van der Waals surface area contributed by atoms with Gasteiger partial charge in [-0.1, -0.05) is 31.5 Å². The summed E-state index contributed by atoms with van der Waals surface area (Å²) in [7, 11) is 0. The largest absolute Gasteiger partial charge is 0.426 e. The van der Waals surface area contributed by atoms with Crippen molar-refractivity contribution in [3.05, 3.63) is 29.3 Å². The number of amides is 1. The Bertz CT molecular complexity index is 589. The van der Waals surface area contributed by atoms with Crippen LogP contribution in [0.25, 0.3) is 0 Å². The Morgan fingerprint density at radius 2 is 1.95 bits per heavy atom. The zero-order chi connectivity index (χ0) is 16.1. The molecule has 1 heterocycles. The van der Waals surface area contributed by atoms with Crippen molar-refractivity contribution < 1.29 is 9.45 Å². The maximum atomic E-state index is 12.3. The summed E-state index contributed by atoms with van der Waals surface area (Å²) in [6.07, 6.45) is 3.20. The standard InChI is InChI=1S/C18H26BNO2/c1-12-6-7-13(16(21)20-14-8-9-14)10-15(12)19-11-17(2,3)18(4,5)22-19/h6-7,10,14H,8-9,11H2,1-5H3,(H,20,21). The van der Waals surface area contributed by atoms with E-state index in [9.17, 15) is 4.79 Å². The Morgan fingerprint density at radius 1 is 1.27 bits per heavy atom.